The summed E-state index contributed by atoms with van der Waals surface area (Å²) in [6.07, 6.45) is -2.99. The number of nitrogens with one attached hydrogen (secondary N) is 1. The highest BCUT2D eigenvalue weighted by Crippen LogP contribution is 2.43. The predicted molar refractivity (Wildman–Crippen MR) is 102 cm³/mol. The van der Waals surface area contributed by atoms with Crippen molar-refractivity contribution in [2.75, 3.05) is 11.9 Å². The molecule has 1 unspecified atom stereocenters. The molecule has 0 amide bonds. The maximum atomic E-state index is 10.8. The summed E-state index contributed by atoms with van der Waals surface area (Å²) in [5, 5.41) is 42.7. The molecule has 2 aliphatic heterocycles. The van der Waals surface area contributed by atoms with Crippen molar-refractivity contribution in [3.63, 3.8) is 0 Å². The number of aliphatic imine (C=N–C) groups is 1. The number of nitrogens with two attached hydrogens (primary N) is 1. The van der Waals surface area contributed by atoms with E-state index in [1.807, 2.05) is 0 Å². The van der Waals surface area contributed by atoms with E-state index in [4.69, 9.17) is 10.5 Å². The van der Waals surface area contributed by atoms with E-state index in [-0.39, 0.29) is 11.6 Å². The number of thioether (sulfide) groups is 1. The van der Waals surface area contributed by atoms with Gasteiger partial charge in [-0.05, 0) is 12.1 Å². The van der Waals surface area contributed by atoms with Crippen LogP contribution in [0.25, 0.3) is 0 Å². The highest BCUT2D eigenvalue weighted by molar-refractivity contribution is 7.99. The number of anilines is 1. The number of non-ortho nitro benzene ring substituents is 1. The highest BCUT2D eigenvalue weighted by atomic mass is 32.2. The number of fused-ring (bicyclic) bond motifs is 1. The SMILES string of the molecule is NC1=NC(Sc2ccc([N+](=O)[O-])cc2)c2ncn([C@@H]3O[C@H](CO)[C@@H](O)[C@H]3O)c2N1. The molecule has 1 fully saturated rings. The number of aromatic nitrogens is 2. The molecule has 4 rings (SSSR count). The summed E-state index contributed by atoms with van der Waals surface area (Å²) in [5.74, 6) is 0.553. The number of benzene rings is 1. The maximum Gasteiger partial charge on any atom is 0.269 e. The van der Waals surface area contributed by atoms with Crippen LogP contribution >= 0.6 is 11.8 Å². The number of nitrogens with zero attached hydrogens (tertiary/aromatic N) is 4. The van der Waals surface area contributed by atoms with Crippen LogP contribution in [0.15, 0.2) is 40.5 Å². The summed E-state index contributed by atoms with van der Waals surface area (Å²) in [6.45, 7) is -0.443. The lowest BCUT2D eigenvalue weighted by atomic mass is 10.1. The Bertz CT molecular complexity index is 950. The van der Waals surface area contributed by atoms with E-state index in [0.29, 0.717) is 11.5 Å². The molecule has 1 aromatic heterocycles. The molecule has 2 aromatic rings. The van der Waals surface area contributed by atoms with Gasteiger partial charge in [-0.2, -0.15) is 0 Å². The number of hydrogen-bond acceptors (Lipinski definition) is 11. The first-order valence-electron chi connectivity index (χ1n) is 8.59. The molecule has 1 aromatic carbocycles. The molecule has 2 aliphatic rings. The van der Waals surface area contributed by atoms with E-state index in [2.05, 4.69) is 15.3 Å². The third-order valence-corrected chi connectivity index (χ3v) is 5.74. The zero-order chi connectivity index (χ0) is 20.7. The Morgan fingerprint density at radius 1 is 1.31 bits per heavy atom. The molecule has 0 bridgehead atoms. The van der Waals surface area contributed by atoms with E-state index in [1.54, 1.807) is 12.1 Å². The molecule has 0 radical (unpaired) electrons. The van der Waals surface area contributed by atoms with Gasteiger partial charge in [-0.3, -0.25) is 14.7 Å². The van der Waals surface area contributed by atoms with Crippen LogP contribution < -0.4 is 11.1 Å². The molecule has 13 heteroatoms. The summed E-state index contributed by atoms with van der Waals surface area (Å²) in [4.78, 5) is 19.7. The Labute approximate surface area is 168 Å². The summed E-state index contributed by atoms with van der Waals surface area (Å²) < 4.78 is 7.04. The Morgan fingerprint density at radius 2 is 2.03 bits per heavy atom. The van der Waals surface area contributed by atoms with Crippen LogP contribution in [0.1, 0.15) is 17.3 Å². The molecule has 3 heterocycles. The smallest absolute Gasteiger partial charge is 0.269 e. The molecule has 5 atom stereocenters. The molecule has 154 valence electrons. The first-order valence-corrected chi connectivity index (χ1v) is 9.47. The molecule has 0 spiro atoms. The number of aliphatic hydroxyl groups is 3. The van der Waals surface area contributed by atoms with E-state index in [0.717, 1.165) is 4.90 Å². The number of ether oxygens (including phenoxy) is 1. The monoisotopic (exact) mass is 422 g/mol. The summed E-state index contributed by atoms with van der Waals surface area (Å²) in [6, 6.07) is 6.02. The van der Waals surface area contributed by atoms with Gasteiger partial charge in [0.1, 0.15) is 35.2 Å². The minimum absolute atomic E-state index is 0.0167. The van der Waals surface area contributed by atoms with Crippen LogP contribution in [-0.2, 0) is 4.74 Å². The largest absolute Gasteiger partial charge is 0.394 e. The maximum absolute atomic E-state index is 10.8. The fourth-order valence-corrected chi connectivity index (χ4v) is 4.19. The summed E-state index contributed by atoms with van der Waals surface area (Å²) in [7, 11) is 0. The van der Waals surface area contributed by atoms with Crippen LogP contribution in [0.3, 0.4) is 0 Å². The fraction of sp³-hybridized carbons (Fsp3) is 0.375. The molecule has 29 heavy (non-hydrogen) atoms. The van der Waals surface area contributed by atoms with Gasteiger partial charge in [-0.15, -0.1) is 0 Å². The van der Waals surface area contributed by atoms with Gasteiger partial charge in [0, 0.05) is 17.0 Å². The normalized spacial score (nSPS) is 28.5. The van der Waals surface area contributed by atoms with E-state index < -0.39 is 41.4 Å². The fourth-order valence-electron chi connectivity index (χ4n) is 3.19. The van der Waals surface area contributed by atoms with Crippen molar-refractivity contribution in [3.8, 4) is 0 Å². The minimum Gasteiger partial charge on any atom is -0.394 e. The molecular formula is C16H18N6O6S. The number of aliphatic hydroxyl groups excluding tert-OH is 3. The van der Waals surface area contributed by atoms with Crippen LogP contribution in [-0.4, -0.2) is 60.7 Å². The van der Waals surface area contributed by atoms with Crippen LogP contribution in [0.4, 0.5) is 11.5 Å². The molecule has 6 N–H and O–H groups in total. The summed E-state index contributed by atoms with van der Waals surface area (Å²) in [5.41, 5.74) is 6.40. The van der Waals surface area contributed by atoms with E-state index in [1.165, 1.54) is 34.8 Å². The van der Waals surface area contributed by atoms with Crippen LogP contribution in [0.2, 0.25) is 0 Å². The number of nitro benzene ring substituents is 1. The molecule has 1 saturated heterocycles. The Morgan fingerprint density at radius 3 is 2.66 bits per heavy atom. The Hall–Kier alpha value is -2.71. The van der Waals surface area contributed by atoms with Gasteiger partial charge in [0.2, 0.25) is 0 Å². The van der Waals surface area contributed by atoms with Gasteiger partial charge in [-0.25, -0.2) is 9.98 Å². The van der Waals surface area contributed by atoms with Crippen molar-refractivity contribution in [1.29, 1.82) is 0 Å². The third kappa shape index (κ3) is 3.54. The number of imidazole rings is 1. The predicted octanol–water partition coefficient (Wildman–Crippen LogP) is -0.0661. The van der Waals surface area contributed by atoms with Gasteiger partial charge in [0.25, 0.3) is 5.69 Å². The molecule has 0 aliphatic carbocycles. The van der Waals surface area contributed by atoms with Gasteiger partial charge in [0.15, 0.2) is 12.2 Å². The average Bonchev–Trinajstić information content (AvgIpc) is 3.23. The number of nitro groups is 1. The van der Waals surface area contributed by atoms with Crippen molar-refractivity contribution in [2.45, 2.75) is 34.8 Å². The first kappa shape index (κ1) is 19.6. The second-order valence-electron chi connectivity index (χ2n) is 6.48. The van der Waals surface area contributed by atoms with E-state index in [9.17, 15) is 25.4 Å². The topological polar surface area (TPSA) is 181 Å². The number of hydrogen-bond donors (Lipinski definition) is 5. The van der Waals surface area contributed by atoms with Crippen molar-refractivity contribution in [2.24, 2.45) is 10.7 Å². The standard InChI is InChI=1S/C16H18N6O6S/c17-16-19-13-10(14(20-16)29-8-3-1-7(2-4-8)22(26)27)18-6-21(13)15-12(25)11(24)9(5-23)28-15/h1-4,6,9,11-12,14-15,23-25H,5H2,(H3,17,19,20)/t9-,11-,12-,14?,15-/m1/s1. The second kappa shape index (κ2) is 7.61. The molecule has 12 nitrogen and oxygen atoms in total. The lowest BCUT2D eigenvalue weighted by Gasteiger charge is -2.24. The zero-order valence-electron chi connectivity index (χ0n) is 14.8. The quantitative estimate of drug-likeness (QED) is 0.323. The third-order valence-electron chi connectivity index (χ3n) is 4.65. The Balaban J connectivity index is 1.60. The van der Waals surface area contributed by atoms with E-state index >= 15 is 0 Å². The number of guanidine groups is 1. The van der Waals surface area contributed by atoms with Gasteiger partial charge >= 0.3 is 0 Å². The zero-order valence-corrected chi connectivity index (χ0v) is 15.6. The molecule has 0 saturated carbocycles. The Kier molecular flexibility index (Phi) is 5.14. The average molecular weight is 422 g/mol. The van der Waals surface area contributed by atoms with Crippen LogP contribution in [0.5, 0.6) is 0 Å². The molecular weight excluding hydrogens is 404 g/mol. The highest BCUT2D eigenvalue weighted by Gasteiger charge is 2.45. The van der Waals surface area contributed by atoms with Crippen molar-refractivity contribution >= 4 is 29.2 Å². The van der Waals surface area contributed by atoms with Gasteiger partial charge in [-0.1, -0.05) is 11.8 Å². The minimum atomic E-state index is -1.27. The van der Waals surface area contributed by atoms with Crippen molar-refractivity contribution in [1.82, 2.24) is 9.55 Å². The van der Waals surface area contributed by atoms with Gasteiger partial charge in [0.05, 0.1) is 17.9 Å². The second-order valence-corrected chi connectivity index (χ2v) is 7.63. The van der Waals surface area contributed by atoms with Gasteiger partial charge < -0.3 is 31.1 Å². The van der Waals surface area contributed by atoms with Crippen molar-refractivity contribution < 1.29 is 25.0 Å². The lowest BCUT2D eigenvalue weighted by molar-refractivity contribution is -0.384. The lowest BCUT2D eigenvalue weighted by Crippen LogP contribution is -2.34. The van der Waals surface area contributed by atoms with Crippen LogP contribution in [0, 0.1) is 10.1 Å². The first-order chi connectivity index (χ1) is 13.9. The number of rotatable bonds is 5. The van der Waals surface area contributed by atoms with Crippen molar-refractivity contribution in [3.05, 3.63) is 46.4 Å². The summed E-state index contributed by atoms with van der Waals surface area (Å²) >= 11 is 1.30.